The summed E-state index contributed by atoms with van der Waals surface area (Å²) in [6, 6.07) is 1.88. The van der Waals surface area contributed by atoms with Crippen LogP contribution in [0.4, 0.5) is 5.82 Å². The number of rotatable bonds is 3. The van der Waals surface area contributed by atoms with Gasteiger partial charge in [-0.3, -0.25) is 0 Å². The zero-order valence-corrected chi connectivity index (χ0v) is 17.4. The molecule has 3 heterocycles. The van der Waals surface area contributed by atoms with Gasteiger partial charge in [0.05, 0.1) is 0 Å². The molecule has 1 aliphatic rings. The molecular weight excluding hydrogens is 366 g/mol. The van der Waals surface area contributed by atoms with Crippen LogP contribution in [0.25, 0.3) is 0 Å². The second kappa shape index (κ2) is 7.20. The first-order chi connectivity index (χ1) is 12.6. The van der Waals surface area contributed by atoms with E-state index < -0.39 is 10.0 Å². The molecule has 0 spiro atoms. The summed E-state index contributed by atoms with van der Waals surface area (Å²) in [7, 11) is -3.62. The SMILES string of the molecule is Cc1noc(C)c1S(=O)(=O)N1CCCN(c2ccnc(C(C)(C)C)n2)CC1. The first-order valence-electron chi connectivity index (χ1n) is 9.12. The highest BCUT2D eigenvalue weighted by Gasteiger charge is 2.32. The summed E-state index contributed by atoms with van der Waals surface area (Å²) in [5.74, 6) is 1.95. The van der Waals surface area contributed by atoms with Gasteiger partial charge in [0.1, 0.15) is 22.2 Å². The lowest BCUT2D eigenvalue weighted by Crippen LogP contribution is -2.36. The van der Waals surface area contributed by atoms with Crippen LogP contribution in [0.15, 0.2) is 21.7 Å². The van der Waals surface area contributed by atoms with Gasteiger partial charge in [-0.15, -0.1) is 0 Å². The second-order valence-corrected chi connectivity index (χ2v) is 9.76. The van der Waals surface area contributed by atoms with Crippen LogP contribution in [0.3, 0.4) is 0 Å². The van der Waals surface area contributed by atoms with Gasteiger partial charge >= 0.3 is 0 Å². The molecule has 0 saturated carbocycles. The maximum atomic E-state index is 13.1. The summed E-state index contributed by atoms with van der Waals surface area (Å²) < 4.78 is 32.7. The Balaban J connectivity index is 1.80. The van der Waals surface area contributed by atoms with Gasteiger partial charge in [-0.05, 0) is 26.3 Å². The Hall–Kier alpha value is -2.00. The Morgan fingerprint density at radius 2 is 1.85 bits per heavy atom. The fourth-order valence-electron chi connectivity index (χ4n) is 3.22. The van der Waals surface area contributed by atoms with Crippen LogP contribution in [-0.2, 0) is 15.4 Å². The highest BCUT2D eigenvalue weighted by molar-refractivity contribution is 7.89. The molecule has 0 amide bonds. The number of aryl methyl sites for hydroxylation is 2. The highest BCUT2D eigenvalue weighted by Crippen LogP contribution is 2.25. The molecule has 27 heavy (non-hydrogen) atoms. The van der Waals surface area contributed by atoms with Crippen molar-refractivity contribution in [3.8, 4) is 0 Å². The van der Waals surface area contributed by atoms with Crippen molar-refractivity contribution in [3.63, 3.8) is 0 Å². The summed E-state index contributed by atoms with van der Waals surface area (Å²) in [4.78, 5) is 11.4. The van der Waals surface area contributed by atoms with E-state index in [0.29, 0.717) is 31.1 Å². The maximum Gasteiger partial charge on any atom is 0.248 e. The average molecular weight is 394 g/mol. The number of anilines is 1. The first kappa shape index (κ1) is 19.8. The predicted molar refractivity (Wildman–Crippen MR) is 102 cm³/mol. The molecule has 0 aromatic carbocycles. The van der Waals surface area contributed by atoms with Crippen molar-refractivity contribution in [1.82, 2.24) is 19.4 Å². The zero-order chi connectivity index (χ0) is 19.8. The number of sulfonamides is 1. The summed E-state index contributed by atoms with van der Waals surface area (Å²) in [6.45, 7) is 11.7. The van der Waals surface area contributed by atoms with Crippen LogP contribution in [0.2, 0.25) is 0 Å². The fraction of sp³-hybridized carbons (Fsp3) is 0.611. The molecule has 0 N–H and O–H groups in total. The standard InChI is InChI=1S/C18H27N5O3S/c1-13-16(14(2)26-21-13)27(24,25)23-10-6-9-22(11-12-23)15-7-8-19-17(20-15)18(3,4)5/h7-8H,6,9-12H2,1-5H3. The zero-order valence-electron chi connectivity index (χ0n) is 16.6. The molecule has 1 saturated heterocycles. The second-order valence-electron chi connectivity index (χ2n) is 7.89. The molecule has 2 aromatic rings. The molecule has 8 nitrogen and oxygen atoms in total. The highest BCUT2D eigenvalue weighted by atomic mass is 32.2. The lowest BCUT2D eigenvalue weighted by molar-refractivity contribution is 0.389. The van der Waals surface area contributed by atoms with Crippen LogP contribution < -0.4 is 4.90 Å². The van der Waals surface area contributed by atoms with Crippen molar-refractivity contribution >= 4 is 15.8 Å². The summed E-state index contributed by atoms with van der Waals surface area (Å²) in [5.41, 5.74) is 0.264. The Morgan fingerprint density at radius 1 is 1.11 bits per heavy atom. The van der Waals surface area contributed by atoms with Gasteiger partial charge in [0.2, 0.25) is 10.0 Å². The summed E-state index contributed by atoms with van der Waals surface area (Å²) in [6.07, 6.45) is 2.49. The predicted octanol–water partition coefficient (Wildman–Crippen LogP) is 2.28. The molecular formula is C18H27N5O3S. The number of hydrogen-bond acceptors (Lipinski definition) is 7. The summed E-state index contributed by atoms with van der Waals surface area (Å²) >= 11 is 0. The van der Waals surface area contributed by atoms with E-state index >= 15 is 0 Å². The van der Waals surface area contributed by atoms with Crippen LogP contribution in [0.1, 0.15) is 44.5 Å². The third-order valence-corrected chi connectivity index (χ3v) is 6.80. The lowest BCUT2D eigenvalue weighted by atomic mass is 9.96. The van der Waals surface area contributed by atoms with Crippen molar-refractivity contribution in [2.45, 2.75) is 51.3 Å². The largest absolute Gasteiger partial charge is 0.360 e. The lowest BCUT2D eigenvalue weighted by Gasteiger charge is -2.24. The normalized spacial score (nSPS) is 17.1. The number of aromatic nitrogens is 3. The first-order valence-corrected chi connectivity index (χ1v) is 10.6. The minimum Gasteiger partial charge on any atom is -0.360 e. The molecule has 0 bridgehead atoms. The van der Waals surface area contributed by atoms with Gasteiger partial charge in [-0.1, -0.05) is 25.9 Å². The quantitative estimate of drug-likeness (QED) is 0.790. The Kier molecular flexibility index (Phi) is 5.27. The number of hydrogen-bond donors (Lipinski definition) is 0. The Morgan fingerprint density at radius 3 is 2.48 bits per heavy atom. The smallest absolute Gasteiger partial charge is 0.248 e. The van der Waals surface area contributed by atoms with Crippen LogP contribution in [0.5, 0.6) is 0 Å². The van der Waals surface area contributed by atoms with Gasteiger partial charge in [0.15, 0.2) is 5.76 Å². The number of nitrogens with zero attached hydrogens (tertiary/aromatic N) is 5. The minimum atomic E-state index is -3.62. The van der Waals surface area contributed by atoms with Crippen LogP contribution in [0, 0.1) is 13.8 Å². The van der Waals surface area contributed by atoms with E-state index in [9.17, 15) is 8.42 Å². The maximum absolute atomic E-state index is 13.1. The molecule has 3 rings (SSSR count). The molecule has 1 aliphatic heterocycles. The minimum absolute atomic E-state index is 0.138. The molecule has 0 unspecified atom stereocenters. The van der Waals surface area contributed by atoms with Crippen molar-refractivity contribution in [2.75, 3.05) is 31.1 Å². The molecule has 1 fully saturated rings. The third-order valence-electron chi connectivity index (χ3n) is 4.66. The molecule has 9 heteroatoms. The van der Waals surface area contributed by atoms with Crippen molar-refractivity contribution in [1.29, 1.82) is 0 Å². The van der Waals surface area contributed by atoms with Gasteiger partial charge in [-0.25, -0.2) is 18.4 Å². The molecule has 0 radical (unpaired) electrons. The average Bonchev–Trinajstić information content (AvgIpc) is 2.81. The van der Waals surface area contributed by atoms with Gasteiger partial charge in [-0.2, -0.15) is 4.31 Å². The van der Waals surface area contributed by atoms with Gasteiger partial charge in [0, 0.05) is 37.8 Å². The van der Waals surface area contributed by atoms with E-state index in [2.05, 4.69) is 35.8 Å². The van der Waals surface area contributed by atoms with Crippen molar-refractivity contribution in [3.05, 3.63) is 29.5 Å². The van der Waals surface area contributed by atoms with E-state index in [-0.39, 0.29) is 10.3 Å². The van der Waals surface area contributed by atoms with E-state index in [1.54, 1.807) is 20.0 Å². The van der Waals surface area contributed by atoms with E-state index in [0.717, 1.165) is 24.6 Å². The van der Waals surface area contributed by atoms with Gasteiger partial charge in [0.25, 0.3) is 0 Å². The molecule has 2 aromatic heterocycles. The Bertz CT molecular complexity index is 898. The van der Waals surface area contributed by atoms with Crippen LogP contribution >= 0.6 is 0 Å². The van der Waals surface area contributed by atoms with E-state index in [4.69, 9.17) is 9.51 Å². The van der Waals surface area contributed by atoms with E-state index in [1.807, 2.05) is 6.07 Å². The monoisotopic (exact) mass is 393 g/mol. The van der Waals surface area contributed by atoms with Crippen molar-refractivity contribution in [2.24, 2.45) is 0 Å². The van der Waals surface area contributed by atoms with Crippen LogP contribution in [-0.4, -0.2) is 54.0 Å². The van der Waals surface area contributed by atoms with E-state index in [1.165, 1.54) is 4.31 Å². The summed E-state index contributed by atoms with van der Waals surface area (Å²) in [5, 5.41) is 3.79. The molecule has 148 valence electrons. The van der Waals surface area contributed by atoms with Gasteiger partial charge < -0.3 is 9.42 Å². The van der Waals surface area contributed by atoms with Crippen molar-refractivity contribution < 1.29 is 12.9 Å². The topological polar surface area (TPSA) is 92.4 Å². The fourth-order valence-corrected chi connectivity index (χ4v) is 4.98. The third kappa shape index (κ3) is 3.98. The Labute approximate surface area is 160 Å². The molecule has 0 atom stereocenters. The molecule has 0 aliphatic carbocycles.